The normalized spacial score (nSPS) is 18.6. The number of hydrogen-bond donors (Lipinski definition) is 1. The van der Waals surface area contributed by atoms with E-state index in [0.29, 0.717) is 5.75 Å². The van der Waals surface area contributed by atoms with E-state index in [9.17, 15) is 4.79 Å². The zero-order valence-electron chi connectivity index (χ0n) is 11.2. The first-order chi connectivity index (χ1) is 9.66. The van der Waals surface area contributed by atoms with E-state index in [-0.39, 0.29) is 11.3 Å². The van der Waals surface area contributed by atoms with Crippen molar-refractivity contribution >= 4 is 29.0 Å². The fourth-order valence-corrected chi connectivity index (χ4v) is 3.59. The first kappa shape index (κ1) is 13.1. The molecule has 2 aromatic carbocycles. The third-order valence-electron chi connectivity index (χ3n) is 3.46. The maximum Gasteiger partial charge on any atom is 0.238 e. The van der Waals surface area contributed by atoms with E-state index in [2.05, 4.69) is 0 Å². The summed E-state index contributed by atoms with van der Waals surface area (Å²) in [7, 11) is 0. The highest BCUT2D eigenvalue weighted by atomic mass is 32.2. The molecular formula is C16H16N2OS. The maximum atomic E-state index is 12.3. The van der Waals surface area contributed by atoms with Crippen LogP contribution in [0.25, 0.3) is 0 Å². The molecule has 1 fully saturated rings. The van der Waals surface area contributed by atoms with Gasteiger partial charge in [-0.3, -0.25) is 9.69 Å². The number of benzene rings is 2. The molecule has 1 atom stereocenters. The number of carbonyl (C=O) groups excluding carboxylic acids is 1. The van der Waals surface area contributed by atoms with E-state index in [0.717, 1.165) is 22.5 Å². The SMILES string of the molecule is Cc1ccccc1N1C(=O)CS[C@@H]1c1ccc(N)cc1. The van der Waals surface area contributed by atoms with Crippen LogP contribution in [-0.2, 0) is 4.79 Å². The Morgan fingerprint density at radius 1 is 1.15 bits per heavy atom. The molecule has 1 saturated heterocycles. The van der Waals surface area contributed by atoms with Crippen LogP contribution in [0.4, 0.5) is 11.4 Å². The number of amides is 1. The second-order valence-electron chi connectivity index (χ2n) is 4.88. The summed E-state index contributed by atoms with van der Waals surface area (Å²) in [5.74, 6) is 0.676. The Morgan fingerprint density at radius 2 is 1.85 bits per heavy atom. The number of thioether (sulfide) groups is 1. The van der Waals surface area contributed by atoms with Crippen LogP contribution in [0.1, 0.15) is 16.5 Å². The Balaban J connectivity index is 2.01. The summed E-state index contributed by atoms with van der Waals surface area (Å²) >= 11 is 1.66. The molecule has 3 nitrogen and oxygen atoms in total. The molecule has 0 bridgehead atoms. The molecule has 0 radical (unpaired) electrons. The van der Waals surface area contributed by atoms with Crippen molar-refractivity contribution in [2.24, 2.45) is 0 Å². The largest absolute Gasteiger partial charge is 0.399 e. The molecule has 1 amide bonds. The highest BCUT2D eigenvalue weighted by Gasteiger charge is 2.34. The molecule has 4 heteroatoms. The Hall–Kier alpha value is -1.94. The van der Waals surface area contributed by atoms with Crippen molar-refractivity contribution in [3.63, 3.8) is 0 Å². The molecule has 1 heterocycles. The molecule has 1 aliphatic rings. The number of rotatable bonds is 2. The Morgan fingerprint density at radius 3 is 2.55 bits per heavy atom. The van der Waals surface area contributed by atoms with E-state index in [1.54, 1.807) is 11.8 Å². The van der Waals surface area contributed by atoms with Crippen LogP contribution in [-0.4, -0.2) is 11.7 Å². The van der Waals surface area contributed by atoms with Crippen LogP contribution in [0.2, 0.25) is 0 Å². The maximum absolute atomic E-state index is 12.3. The third kappa shape index (κ3) is 2.27. The van der Waals surface area contributed by atoms with Crippen LogP contribution in [0.15, 0.2) is 48.5 Å². The minimum atomic E-state index is 0.0317. The molecular weight excluding hydrogens is 268 g/mol. The lowest BCUT2D eigenvalue weighted by atomic mass is 10.1. The molecule has 0 saturated carbocycles. The van der Waals surface area contributed by atoms with Gasteiger partial charge in [0, 0.05) is 11.4 Å². The third-order valence-corrected chi connectivity index (χ3v) is 4.68. The predicted molar refractivity (Wildman–Crippen MR) is 84.7 cm³/mol. The first-order valence-electron chi connectivity index (χ1n) is 6.51. The van der Waals surface area contributed by atoms with Gasteiger partial charge >= 0.3 is 0 Å². The first-order valence-corrected chi connectivity index (χ1v) is 7.56. The number of nitrogen functional groups attached to an aromatic ring is 1. The Labute approximate surface area is 122 Å². The van der Waals surface area contributed by atoms with Crippen LogP contribution < -0.4 is 10.6 Å². The van der Waals surface area contributed by atoms with Gasteiger partial charge in [0.05, 0.1) is 5.75 Å². The second kappa shape index (κ2) is 5.21. The summed E-state index contributed by atoms with van der Waals surface area (Å²) < 4.78 is 0. The topological polar surface area (TPSA) is 46.3 Å². The van der Waals surface area contributed by atoms with E-state index >= 15 is 0 Å². The molecule has 0 aromatic heterocycles. The van der Waals surface area contributed by atoms with Crippen LogP contribution in [0, 0.1) is 6.92 Å². The Bertz CT molecular complexity index is 639. The lowest BCUT2D eigenvalue weighted by molar-refractivity contribution is -0.115. The zero-order valence-corrected chi connectivity index (χ0v) is 12.1. The van der Waals surface area contributed by atoms with Crippen LogP contribution >= 0.6 is 11.8 Å². The van der Waals surface area contributed by atoms with Gasteiger partial charge in [-0.2, -0.15) is 0 Å². The lowest BCUT2D eigenvalue weighted by Gasteiger charge is -2.25. The quantitative estimate of drug-likeness (QED) is 0.860. The van der Waals surface area contributed by atoms with E-state index < -0.39 is 0 Å². The van der Waals surface area contributed by atoms with Gasteiger partial charge < -0.3 is 5.73 Å². The second-order valence-corrected chi connectivity index (χ2v) is 5.95. The van der Waals surface area contributed by atoms with Gasteiger partial charge in [0.1, 0.15) is 5.37 Å². The monoisotopic (exact) mass is 284 g/mol. The van der Waals surface area contributed by atoms with Crippen molar-refractivity contribution in [2.75, 3.05) is 16.4 Å². The molecule has 3 rings (SSSR count). The van der Waals surface area contributed by atoms with Gasteiger partial charge in [0.15, 0.2) is 0 Å². The van der Waals surface area contributed by atoms with Gasteiger partial charge in [-0.15, -0.1) is 11.8 Å². The molecule has 2 aromatic rings. The number of nitrogens with zero attached hydrogens (tertiary/aromatic N) is 1. The number of nitrogens with two attached hydrogens (primary N) is 1. The summed E-state index contributed by atoms with van der Waals surface area (Å²) in [5.41, 5.74) is 9.69. The fraction of sp³-hybridized carbons (Fsp3) is 0.188. The fourth-order valence-electron chi connectivity index (χ4n) is 2.43. The lowest BCUT2D eigenvalue weighted by Crippen LogP contribution is -2.28. The highest BCUT2D eigenvalue weighted by molar-refractivity contribution is 8.00. The summed E-state index contributed by atoms with van der Waals surface area (Å²) in [4.78, 5) is 14.2. The van der Waals surface area contributed by atoms with E-state index in [1.165, 1.54) is 0 Å². The molecule has 1 aliphatic heterocycles. The van der Waals surface area contributed by atoms with Crippen molar-refractivity contribution < 1.29 is 4.79 Å². The van der Waals surface area contributed by atoms with Crippen molar-refractivity contribution in [1.82, 2.24) is 0 Å². The van der Waals surface area contributed by atoms with Crippen molar-refractivity contribution in [1.29, 1.82) is 0 Å². The average Bonchev–Trinajstić information content (AvgIpc) is 2.82. The molecule has 0 unspecified atom stereocenters. The van der Waals surface area contributed by atoms with Gasteiger partial charge in [-0.05, 0) is 36.2 Å². The van der Waals surface area contributed by atoms with Crippen molar-refractivity contribution in [3.05, 3.63) is 59.7 Å². The highest BCUT2D eigenvalue weighted by Crippen LogP contribution is 2.42. The van der Waals surface area contributed by atoms with Crippen molar-refractivity contribution in [3.8, 4) is 0 Å². The van der Waals surface area contributed by atoms with Crippen LogP contribution in [0.3, 0.4) is 0 Å². The van der Waals surface area contributed by atoms with Gasteiger partial charge in [0.2, 0.25) is 5.91 Å². The number of carbonyl (C=O) groups is 1. The molecule has 20 heavy (non-hydrogen) atoms. The number of hydrogen-bond acceptors (Lipinski definition) is 3. The number of anilines is 2. The standard InChI is InChI=1S/C16H16N2OS/c1-11-4-2-3-5-14(11)18-15(19)10-20-16(18)12-6-8-13(17)9-7-12/h2-9,16H,10,17H2,1H3/t16-/m1/s1. The Kier molecular flexibility index (Phi) is 3.40. The minimum Gasteiger partial charge on any atom is -0.399 e. The van der Waals surface area contributed by atoms with Gasteiger partial charge in [-0.25, -0.2) is 0 Å². The number of para-hydroxylation sites is 1. The minimum absolute atomic E-state index is 0.0317. The summed E-state index contributed by atoms with van der Waals surface area (Å²) in [5, 5.41) is 0.0317. The van der Waals surface area contributed by atoms with Crippen LogP contribution in [0.5, 0.6) is 0 Å². The van der Waals surface area contributed by atoms with Crippen molar-refractivity contribution in [2.45, 2.75) is 12.3 Å². The molecule has 0 spiro atoms. The smallest absolute Gasteiger partial charge is 0.238 e. The van der Waals surface area contributed by atoms with E-state index in [1.807, 2.05) is 60.4 Å². The molecule has 2 N–H and O–H groups in total. The summed E-state index contributed by atoms with van der Waals surface area (Å²) in [6.45, 7) is 2.03. The summed E-state index contributed by atoms with van der Waals surface area (Å²) in [6.07, 6.45) is 0. The van der Waals surface area contributed by atoms with Gasteiger partial charge in [-0.1, -0.05) is 30.3 Å². The molecule has 0 aliphatic carbocycles. The summed E-state index contributed by atoms with van der Waals surface area (Å²) in [6, 6.07) is 15.8. The predicted octanol–water partition coefficient (Wildman–Crippen LogP) is 3.36. The van der Waals surface area contributed by atoms with E-state index in [4.69, 9.17) is 5.73 Å². The number of aryl methyl sites for hydroxylation is 1. The average molecular weight is 284 g/mol. The van der Waals surface area contributed by atoms with Gasteiger partial charge in [0.25, 0.3) is 0 Å². The molecule has 102 valence electrons. The zero-order chi connectivity index (χ0) is 14.1.